The highest BCUT2D eigenvalue weighted by Crippen LogP contribution is 2.08. The molecule has 6 heteroatoms. The van der Waals surface area contributed by atoms with Crippen LogP contribution in [0.15, 0.2) is 18.2 Å². The third-order valence-electron chi connectivity index (χ3n) is 2.32. The molecule has 4 nitrogen and oxygen atoms in total. The second-order valence-electron chi connectivity index (χ2n) is 3.68. The molecule has 0 aliphatic rings. The monoisotopic (exact) mass is 273 g/mol. The Morgan fingerprint density at radius 1 is 1.21 bits per heavy atom. The molecule has 0 saturated carbocycles. The van der Waals surface area contributed by atoms with Crippen LogP contribution < -0.4 is 5.32 Å². The summed E-state index contributed by atoms with van der Waals surface area (Å²) in [6.07, 6.45) is -0.552. The Labute approximate surface area is 110 Å². The van der Waals surface area contributed by atoms with E-state index in [1.807, 2.05) is 13.8 Å². The molecule has 1 amide bonds. The first-order chi connectivity index (χ1) is 9.08. The second kappa shape index (κ2) is 7.81. The number of amides is 1. The van der Waals surface area contributed by atoms with Crippen LogP contribution in [0.25, 0.3) is 0 Å². The van der Waals surface area contributed by atoms with Gasteiger partial charge in [-0.25, -0.2) is 8.78 Å². The summed E-state index contributed by atoms with van der Waals surface area (Å²) < 4.78 is 36.2. The molecule has 0 aliphatic carbocycles. The molecule has 0 spiro atoms. The lowest BCUT2D eigenvalue weighted by atomic mass is 10.2. The maximum absolute atomic E-state index is 13.0. The molecule has 1 aromatic carbocycles. The normalized spacial score (nSPS) is 10.8. The van der Waals surface area contributed by atoms with Gasteiger partial charge in [0.1, 0.15) is 0 Å². The van der Waals surface area contributed by atoms with Crippen molar-refractivity contribution in [2.75, 3.05) is 19.8 Å². The summed E-state index contributed by atoms with van der Waals surface area (Å²) in [6.45, 7) is 4.66. The molecule has 0 atom stereocenters. The molecule has 0 radical (unpaired) electrons. The second-order valence-corrected chi connectivity index (χ2v) is 3.68. The predicted octanol–water partition coefficient (Wildman–Crippen LogP) is 2.09. The molecule has 0 aromatic heterocycles. The SMILES string of the molecule is CCOC(CNC(=O)c1ccc(F)c(F)c1)OCC. The number of benzene rings is 1. The Morgan fingerprint density at radius 3 is 2.37 bits per heavy atom. The van der Waals surface area contributed by atoms with Gasteiger partial charge in [-0.2, -0.15) is 0 Å². The van der Waals surface area contributed by atoms with E-state index in [0.717, 1.165) is 12.1 Å². The zero-order valence-electron chi connectivity index (χ0n) is 10.9. The van der Waals surface area contributed by atoms with Gasteiger partial charge in [-0.3, -0.25) is 4.79 Å². The van der Waals surface area contributed by atoms with Crippen LogP contribution in [0.5, 0.6) is 0 Å². The van der Waals surface area contributed by atoms with E-state index in [1.54, 1.807) is 0 Å². The zero-order valence-corrected chi connectivity index (χ0v) is 10.9. The van der Waals surface area contributed by atoms with Gasteiger partial charge in [0.05, 0.1) is 6.54 Å². The Hall–Kier alpha value is -1.53. The smallest absolute Gasteiger partial charge is 0.251 e. The predicted molar refractivity (Wildman–Crippen MR) is 65.7 cm³/mol. The maximum atomic E-state index is 13.0. The van der Waals surface area contributed by atoms with Crippen LogP contribution in [0.4, 0.5) is 8.78 Å². The van der Waals surface area contributed by atoms with E-state index < -0.39 is 23.8 Å². The number of hydrogen-bond donors (Lipinski definition) is 1. The van der Waals surface area contributed by atoms with E-state index in [1.165, 1.54) is 6.07 Å². The van der Waals surface area contributed by atoms with Crippen molar-refractivity contribution in [1.82, 2.24) is 5.32 Å². The van der Waals surface area contributed by atoms with Crippen LogP contribution in [-0.4, -0.2) is 32.0 Å². The summed E-state index contributed by atoms with van der Waals surface area (Å²) in [4.78, 5) is 11.7. The van der Waals surface area contributed by atoms with Gasteiger partial charge in [-0.1, -0.05) is 0 Å². The number of ether oxygens (including phenoxy) is 2. The van der Waals surface area contributed by atoms with Crippen LogP contribution in [0.1, 0.15) is 24.2 Å². The molecule has 0 aliphatic heterocycles. The van der Waals surface area contributed by atoms with Crippen molar-refractivity contribution in [3.8, 4) is 0 Å². The number of carbonyl (C=O) groups is 1. The molecular weight excluding hydrogens is 256 g/mol. The van der Waals surface area contributed by atoms with Crippen molar-refractivity contribution < 1.29 is 23.0 Å². The van der Waals surface area contributed by atoms with E-state index in [-0.39, 0.29) is 12.1 Å². The number of carbonyl (C=O) groups excluding carboxylic acids is 1. The minimum Gasteiger partial charge on any atom is -0.351 e. The first kappa shape index (κ1) is 15.5. The summed E-state index contributed by atoms with van der Waals surface area (Å²) in [7, 11) is 0. The van der Waals surface area contributed by atoms with Crippen LogP contribution in [0, 0.1) is 11.6 Å². The largest absolute Gasteiger partial charge is 0.351 e. The fraction of sp³-hybridized carbons (Fsp3) is 0.462. The summed E-state index contributed by atoms with van der Waals surface area (Å²) >= 11 is 0. The average molecular weight is 273 g/mol. The van der Waals surface area contributed by atoms with E-state index in [0.29, 0.717) is 13.2 Å². The van der Waals surface area contributed by atoms with Crippen molar-refractivity contribution in [1.29, 1.82) is 0 Å². The van der Waals surface area contributed by atoms with Crippen LogP contribution in [0.2, 0.25) is 0 Å². The number of nitrogens with one attached hydrogen (secondary N) is 1. The minimum atomic E-state index is -1.06. The Bertz CT molecular complexity index is 420. The van der Waals surface area contributed by atoms with Crippen molar-refractivity contribution in [2.45, 2.75) is 20.1 Å². The van der Waals surface area contributed by atoms with E-state index in [9.17, 15) is 13.6 Å². The molecule has 0 heterocycles. The molecule has 1 aromatic rings. The topological polar surface area (TPSA) is 47.6 Å². The zero-order chi connectivity index (χ0) is 14.3. The van der Waals surface area contributed by atoms with Crippen LogP contribution in [0.3, 0.4) is 0 Å². The third-order valence-corrected chi connectivity index (χ3v) is 2.32. The van der Waals surface area contributed by atoms with Crippen molar-refractivity contribution >= 4 is 5.91 Å². The third kappa shape index (κ3) is 4.92. The maximum Gasteiger partial charge on any atom is 0.251 e. The van der Waals surface area contributed by atoms with Gasteiger partial charge >= 0.3 is 0 Å². The highest BCUT2D eigenvalue weighted by molar-refractivity contribution is 5.94. The molecular formula is C13H17F2NO3. The molecule has 0 unspecified atom stereocenters. The lowest BCUT2D eigenvalue weighted by Crippen LogP contribution is -2.35. The number of halogens is 2. The van der Waals surface area contributed by atoms with Crippen molar-refractivity contribution in [3.05, 3.63) is 35.4 Å². The summed E-state index contributed by atoms with van der Waals surface area (Å²) in [5.41, 5.74) is 0.0469. The number of hydrogen-bond acceptors (Lipinski definition) is 3. The van der Waals surface area contributed by atoms with Crippen LogP contribution >= 0.6 is 0 Å². The van der Waals surface area contributed by atoms with Gasteiger partial charge in [-0.05, 0) is 32.0 Å². The van der Waals surface area contributed by atoms with Gasteiger partial charge in [0.15, 0.2) is 17.9 Å². The Balaban J connectivity index is 2.56. The summed E-state index contributed by atoms with van der Waals surface area (Å²) in [6, 6.07) is 2.97. The lowest BCUT2D eigenvalue weighted by Gasteiger charge is -2.17. The van der Waals surface area contributed by atoms with Gasteiger partial charge < -0.3 is 14.8 Å². The van der Waals surface area contributed by atoms with E-state index >= 15 is 0 Å². The average Bonchev–Trinajstić information content (AvgIpc) is 2.39. The van der Waals surface area contributed by atoms with Gasteiger partial charge in [0, 0.05) is 18.8 Å². The van der Waals surface area contributed by atoms with Crippen LogP contribution in [-0.2, 0) is 9.47 Å². The summed E-state index contributed by atoms with van der Waals surface area (Å²) in [5.74, 6) is -2.56. The number of rotatable bonds is 7. The molecule has 0 fully saturated rings. The quantitative estimate of drug-likeness (QED) is 0.774. The molecule has 19 heavy (non-hydrogen) atoms. The first-order valence-electron chi connectivity index (χ1n) is 6.04. The Morgan fingerprint density at radius 2 is 1.84 bits per heavy atom. The lowest BCUT2D eigenvalue weighted by molar-refractivity contribution is -0.131. The van der Waals surface area contributed by atoms with Crippen molar-refractivity contribution in [3.63, 3.8) is 0 Å². The molecule has 0 bridgehead atoms. The highest BCUT2D eigenvalue weighted by atomic mass is 19.2. The first-order valence-corrected chi connectivity index (χ1v) is 6.04. The van der Waals surface area contributed by atoms with Gasteiger partial charge in [-0.15, -0.1) is 0 Å². The van der Waals surface area contributed by atoms with Gasteiger partial charge in [0.2, 0.25) is 0 Å². The summed E-state index contributed by atoms with van der Waals surface area (Å²) in [5, 5.41) is 2.54. The van der Waals surface area contributed by atoms with Gasteiger partial charge in [0.25, 0.3) is 5.91 Å². The molecule has 1 N–H and O–H groups in total. The van der Waals surface area contributed by atoms with E-state index in [2.05, 4.69) is 5.32 Å². The van der Waals surface area contributed by atoms with E-state index in [4.69, 9.17) is 9.47 Å². The highest BCUT2D eigenvalue weighted by Gasteiger charge is 2.13. The van der Waals surface area contributed by atoms with Crippen molar-refractivity contribution in [2.24, 2.45) is 0 Å². The fourth-order valence-corrected chi connectivity index (χ4v) is 1.45. The minimum absolute atomic E-state index is 0.0469. The fourth-order valence-electron chi connectivity index (χ4n) is 1.45. The standard InChI is InChI=1S/C13H17F2NO3/c1-3-18-12(19-4-2)8-16-13(17)9-5-6-10(14)11(15)7-9/h5-7,12H,3-4,8H2,1-2H3,(H,16,17). The molecule has 106 valence electrons. The Kier molecular flexibility index (Phi) is 6.38. The molecule has 0 saturated heterocycles. The molecule has 1 rings (SSSR count).